The van der Waals surface area contributed by atoms with E-state index >= 15 is 0 Å². The fourth-order valence-electron chi connectivity index (χ4n) is 5.38. The second kappa shape index (κ2) is 4.57. The molecule has 0 amide bonds. The Hall–Kier alpha value is -0.860. The summed E-state index contributed by atoms with van der Waals surface area (Å²) >= 11 is 0. The minimum Gasteiger partial charge on any atom is -0.390 e. The van der Waals surface area contributed by atoms with Crippen molar-refractivity contribution in [3.8, 4) is 0 Å². The van der Waals surface area contributed by atoms with Crippen molar-refractivity contribution in [2.45, 2.75) is 56.7 Å². The predicted octanol–water partition coefficient (Wildman–Crippen LogP) is 3.28. The number of hydrogen-bond acceptors (Lipinski definition) is 2. The minimum atomic E-state index is -0.315. The average molecular weight is 271 g/mol. The van der Waals surface area contributed by atoms with Crippen LogP contribution in [0, 0.1) is 17.8 Å². The summed E-state index contributed by atoms with van der Waals surface area (Å²) in [5, 5.41) is 14.5. The van der Waals surface area contributed by atoms with E-state index in [9.17, 15) is 5.11 Å². The molecular formula is C18H25NO. The van der Waals surface area contributed by atoms with E-state index in [4.69, 9.17) is 0 Å². The highest BCUT2D eigenvalue weighted by molar-refractivity contribution is 5.19. The van der Waals surface area contributed by atoms with Gasteiger partial charge in [0.25, 0.3) is 0 Å². The summed E-state index contributed by atoms with van der Waals surface area (Å²) in [6.45, 7) is 2.27. The lowest BCUT2D eigenvalue weighted by molar-refractivity contribution is -0.139. The summed E-state index contributed by atoms with van der Waals surface area (Å²) in [4.78, 5) is 0. The molecule has 1 unspecified atom stereocenters. The van der Waals surface area contributed by atoms with Gasteiger partial charge in [-0.05, 0) is 62.3 Å². The highest BCUT2D eigenvalue weighted by Gasteiger charge is 2.54. The summed E-state index contributed by atoms with van der Waals surface area (Å²) in [5.74, 6) is 2.18. The molecule has 0 aliphatic heterocycles. The lowest BCUT2D eigenvalue weighted by Gasteiger charge is -2.58. The monoisotopic (exact) mass is 271 g/mol. The van der Waals surface area contributed by atoms with E-state index < -0.39 is 0 Å². The number of benzene rings is 1. The van der Waals surface area contributed by atoms with E-state index in [0.29, 0.717) is 23.9 Å². The standard InChI is InChI=1S/C18H25NO/c1-12(14-5-3-2-4-6-14)19-17-15-7-13-8-16(17)11-18(20,9-13)10-15/h2-6,12-13,15-17,19-20H,7-11H2,1H3/t12-,13?,15-,16+,17-,18-/m0/s1. The number of aliphatic hydroxyl groups is 1. The first-order valence-electron chi connectivity index (χ1n) is 8.16. The summed E-state index contributed by atoms with van der Waals surface area (Å²) < 4.78 is 0. The van der Waals surface area contributed by atoms with Crippen molar-refractivity contribution in [1.29, 1.82) is 0 Å². The second-order valence-corrected chi connectivity index (χ2v) is 7.52. The molecular weight excluding hydrogens is 246 g/mol. The lowest BCUT2D eigenvalue weighted by Crippen LogP contribution is -2.61. The zero-order valence-corrected chi connectivity index (χ0v) is 12.3. The largest absolute Gasteiger partial charge is 0.390 e. The van der Waals surface area contributed by atoms with Crippen LogP contribution in [0.4, 0.5) is 0 Å². The Morgan fingerprint density at radius 3 is 2.35 bits per heavy atom. The quantitative estimate of drug-likeness (QED) is 0.884. The summed E-state index contributed by atoms with van der Waals surface area (Å²) in [7, 11) is 0. The third-order valence-corrected chi connectivity index (χ3v) is 5.98. The van der Waals surface area contributed by atoms with Crippen LogP contribution in [0.2, 0.25) is 0 Å². The molecule has 0 spiro atoms. The van der Waals surface area contributed by atoms with Crippen LogP contribution in [0.15, 0.2) is 30.3 Å². The van der Waals surface area contributed by atoms with Gasteiger partial charge >= 0.3 is 0 Å². The molecule has 6 atom stereocenters. The van der Waals surface area contributed by atoms with Gasteiger partial charge in [0.1, 0.15) is 0 Å². The third-order valence-electron chi connectivity index (χ3n) is 5.98. The van der Waals surface area contributed by atoms with Crippen LogP contribution in [-0.4, -0.2) is 16.7 Å². The summed E-state index contributed by atoms with van der Waals surface area (Å²) in [6, 6.07) is 11.8. The molecule has 1 aromatic rings. The van der Waals surface area contributed by atoms with Crippen molar-refractivity contribution in [2.24, 2.45) is 17.8 Å². The Morgan fingerprint density at radius 1 is 1.10 bits per heavy atom. The highest BCUT2D eigenvalue weighted by atomic mass is 16.3. The van der Waals surface area contributed by atoms with E-state index in [1.807, 2.05) is 0 Å². The summed E-state index contributed by atoms with van der Waals surface area (Å²) in [5.41, 5.74) is 1.06. The molecule has 0 radical (unpaired) electrons. The van der Waals surface area contributed by atoms with Crippen molar-refractivity contribution in [1.82, 2.24) is 5.32 Å². The van der Waals surface area contributed by atoms with Crippen molar-refractivity contribution in [2.75, 3.05) is 0 Å². The molecule has 4 fully saturated rings. The van der Waals surface area contributed by atoms with Crippen LogP contribution in [0.3, 0.4) is 0 Å². The maximum Gasteiger partial charge on any atom is 0.0657 e. The molecule has 108 valence electrons. The van der Waals surface area contributed by atoms with Crippen LogP contribution in [0.5, 0.6) is 0 Å². The molecule has 0 saturated heterocycles. The van der Waals surface area contributed by atoms with Gasteiger partial charge in [0, 0.05) is 12.1 Å². The fraction of sp³-hybridized carbons (Fsp3) is 0.667. The van der Waals surface area contributed by atoms with Gasteiger partial charge in [-0.2, -0.15) is 0 Å². The highest BCUT2D eigenvalue weighted by Crippen LogP contribution is 2.55. The lowest BCUT2D eigenvalue weighted by atomic mass is 9.52. The van der Waals surface area contributed by atoms with Gasteiger partial charge in [-0.1, -0.05) is 30.3 Å². The van der Waals surface area contributed by atoms with Crippen molar-refractivity contribution in [3.63, 3.8) is 0 Å². The van der Waals surface area contributed by atoms with Crippen LogP contribution in [0.25, 0.3) is 0 Å². The number of hydrogen-bond donors (Lipinski definition) is 2. The summed E-state index contributed by atoms with van der Waals surface area (Å²) in [6.07, 6.45) is 5.79. The predicted molar refractivity (Wildman–Crippen MR) is 80.3 cm³/mol. The topological polar surface area (TPSA) is 32.3 Å². The first kappa shape index (κ1) is 12.8. The molecule has 1 aromatic carbocycles. The zero-order chi connectivity index (χ0) is 13.7. The van der Waals surface area contributed by atoms with E-state index in [1.54, 1.807) is 0 Å². The molecule has 4 bridgehead atoms. The molecule has 4 aliphatic rings. The Labute approximate surface area is 121 Å². The van der Waals surface area contributed by atoms with Gasteiger partial charge in [-0.15, -0.1) is 0 Å². The number of nitrogens with one attached hydrogen (secondary N) is 1. The Kier molecular flexibility index (Phi) is 2.94. The van der Waals surface area contributed by atoms with Gasteiger partial charge in [-0.3, -0.25) is 0 Å². The fourth-order valence-corrected chi connectivity index (χ4v) is 5.38. The van der Waals surface area contributed by atoms with Gasteiger partial charge in [0.15, 0.2) is 0 Å². The van der Waals surface area contributed by atoms with Gasteiger partial charge in [0.05, 0.1) is 5.60 Å². The van der Waals surface area contributed by atoms with Crippen molar-refractivity contribution in [3.05, 3.63) is 35.9 Å². The molecule has 2 nitrogen and oxygen atoms in total. The Bertz CT molecular complexity index is 469. The van der Waals surface area contributed by atoms with E-state index in [1.165, 1.54) is 18.4 Å². The maximum atomic E-state index is 10.6. The van der Waals surface area contributed by atoms with Crippen molar-refractivity contribution < 1.29 is 5.11 Å². The third kappa shape index (κ3) is 2.10. The molecule has 0 heterocycles. The smallest absolute Gasteiger partial charge is 0.0657 e. The van der Waals surface area contributed by atoms with Crippen LogP contribution in [0.1, 0.15) is 50.6 Å². The zero-order valence-electron chi connectivity index (χ0n) is 12.3. The first-order chi connectivity index (χ1) is 9.63. The first-order valence-corrected chi connectivity index (χ1v) is 8.16. The van der Waals surface area contributed by atoms with Gasteiger partial charge in [-0.25, -0.2) is 0 Å². The second-order valence-electron chi connectivity index (χ2n) is 7.52. The van der Waals surface area contributed by atoms with Crippen LogP contribution >= 0.6 is 0 Å². The SMILES string of the molecule is C[C@H](N[C@@H]1[C@@H]2CC3C[C@H]1C[C@@](O)(C3)C2)c1ccccc1. The molecule has 5 rings (SSSR count). The Balaban J connectivity index is 1.50. The molecule has 4 aliphatic carbocycles. The van der Waals surface area contributed by atoms with E-state index in [2.05, 4.69) is 42.6 Å². The molecule has 0 aromatic heterocycles. The van der Waals surface area contributed by atoms with Crippen LogP contribution in [-0.2, 0) is 0 Å². The minimum absolute atomic E-state index is 0.315. The molecule has 2 heteroatoms. The van der Waals surface area contributed by atoms with Gasteiger partial charge in [0.2, 0.25) is 0 Å². The maximum absolute atomic E-state index is 10.6. The average Bonchev–Trinajstić information content (AvgIpc) is 2.42. The van der Waals surface area contributed by atoms with Crippen LogP contribution < -0.4 is 5.32 Å². The molecule has 4 saturated carbocycles. The number of rotatable bonds is 3. The molecule has 2 N–H and O–H groups in total. The normalized spacial score (nSPS) is 43.7. The van der Waals surface area contributed by atoms with Crippen molar-refractivity contribution >= 4 is 0 Å². The van der Waals surface area contributed by atoms with E-state index in [-0.39, 0.29) is 5.60 Å². The molecule has 20 heavy (non-hydrogen) atoms. The van der Waals surface area contributed by atoms with Gasteiger partial charge < -0.3 is 10.4 Å². The van der Waals surface area contributed by atoms with E-state index in [0.717, 1.165) is 25.2 Å². The Morgan fingerprint density at radius 2 is 1.75 bits per heavy atom.